The average molecular weight is 249 g/mol. The summed E-state index contributed by atoms with van der Waals surface area (Å²) in [7, 11) is 1.56. The Morgan fingerprint density at radius 2 is 2.06 bits per heavy atom. The molecule has 0 radical (unpaired) electrons. The van der Waals surface area contributed by atoms with E-state index in [9.17, 15) is 9.59 Å². The monoisotopic (exact) mass is 249 g/mol. The molecule has 0 fully saturated rings. The lowest BCUT2D eigenvalue weighted by atomic mass is 10.1. The standard InChI is InChI=1S/C13H19N3O2/c1-4-10(14)13(18)16-11-7-9(12(17)15-3)6-5-8(11)2/h5-7,10H,4,14H2,1-3H3,(H,15,17)(H,16,18)/t10-/m1/s1. The molecule has 0 bridgehead atoms. The molecule has 0 unspecified atom stereocenters. The van der Waals surface area contributed by atoms with Gasteiger partial charge in [-0.1, -0.05) is 13.0 Å². The van der Waals surface area contributed by atoms with E-state index in [1.54, 1.807) is 25.2 Å². The van der Waals surface area contributed by atoms with E-state index in [1.165, 1.54) is 0 Å². The number of hydrogen-bond donors (Lipinski definition) is 3. The van der Waals surface area contributed by atoms with Gasteiger partial charge in [0, 0.05) is 18.3 Å². The van der Waals surface area contributed by atoms with Crippen LogP contribution < -0.4 is 16.4 Å². The third-order valence-corrected chi connectivity index (χ3v) is 2.76. The van der Waals surface area contributed by atoms with Crippen LogP contribution in [-0.2, 0) is 4.79 Å². The number of carbonyl (C=O) groups is 2. The molecule has 1 aromatic carbocycles. The van der Waals surface area contributed by atoms with Gasteiger partial charge in [0.05, 0.1) is 6.04 Å². The van der Waals surface area contributed by atoms with Gasteiger partial charge in [-0.25, -0.2) is 0 Å². The topological polar surface area (TPSA) is 84.2 Å². The maximum absolute atomic E-state index is 11.7. The second-order valence-electron chi connectivity index (χ2n) is 4.11. The first kappa shape index (κ1) is 14.2. The number of amides is 2. The zero-order valence-corrected chi connectivity index (χ0v) is 10.9. The first-order valence-corrected chi connectivity index (χ1v) is 5.88. The van der Waals surface area contributed by atoms with Crippen molar-refractivity contribution in [3.05, 3.63) is 29.3 Å². The quantitative estimate of drug-likeness (QED) is 0.745. The number of nitrogens with one attached hydrogen (secondary N) is 2. The molecule has 5 heteroatoms. The molecular weight excluding hydrogens is 230 g/mol. The van der Waals surface area contributed by atoms with Gasteiger partial charge in [-0.05, 0) is 31.0 Å². The maximum Gasteiger partial charge on any atom is 0.251 e. The van der Waals surface area contributed by atoms with Crippen LogP contribution in [0.1, 0.15) is 29.3 Å². The van der Waals surface area contributed by atoms with E-state index >= 15 is 0 Å². The number of benzene rings is 1. The smallest absolute Gasteiger partial charge is 0.251 e. The molecule has 1 rings (SSSR count). The summed E-state index contributed by atoms with van der Waals surface area (Å²) in [6.07, 6.45) is 0.569. The molecule has 18 heavy (non-hydrogen) atoms. The molecule has 98 valence electrons. The van der Waals surface area contributed by atoms with E-state index in [0.29, 0.717) is 17.7 Å². The van der Waals surface area contributed by atoms with Crippen molar-refractivity contribution in [1.29, 1.82) is 0 Å². The summed E-state index contributed by atoms with van der Waals surface area (Å²) in [5, 5.41) is 5.28. The Labute approximate surface area is 107 Å². The fraction of sp³-hybridized carbons (Fsp3) is 0.385. The second-order valence-corrected chi connectivity index (χ2v) is 4.11. The van der Waals surface area contributed by atoms with E-state index in [-0.39, 0.29) is 11.8 Å². The van der Waals surface area contributed by atoms with Crippen LogP contribution in [0, 0.1) is 6.92 Å². The molecule has 0 saturated heterocycles. The van der Waals surface area contributed by atoms with E-state index in [0.717, 1.165) is 5.56 Å². The number of hydrogen-bond acceptors (Lipinski definition) is 3. The van der Waals surface area contributed by atoms with Gasteiger partial charge >= 0.3 is 0 Å². The Morgan fingerprint density at radius 3 is 2.61 bits per heavy atom. The van der Waals surface area contributed by atoms with Gasteiger partial charge in [-0.15, -0.1) is 0 Å². The molecule has 1 aromatic rings. The lowest BCUT2D eigenvalue weighted by Gasteiger charge is -2.13. The van der Waals surface area contributed by atoms with E-state index in [2.05, 4.69) is 10.6 Å². The summed E-state index contributed by atoms with van der Waals surface area (Å²) >= 11 is 0. The molecular formula is C13H19N3O2. The van der Waals surface area contributed by atoms with Crippen molar-refractivity contribution in [2.24, 2.45) is 5.73 Å². The average Bonchev–Trinajstić information content (AvgIpc) is 2.39. The van der Waals surface area contributed by atoms with Crippen molar-refractivity contribution in [2.45, 2.75) is 26.3 Å². The van der Waals surface area contributed by atoms with Gasteiger partial charge in [-0.2, -0.15) is 0 Å². The van der Waals surface area contributed by atoms with Crippen LogP contribution in [0.5, 0.6) is 0 Å². The molecule has 5 nitrogen and oxygen atoms in total. The highest BCUT2D eigenvalue weighted by Crippen LogP contribution is 2.17. The SMILES string of the molecule is CC[C@@H](N)C(=O)Nc1cc(C(=O)NC)ccc1C. The largest absolute Gasteiger partial charge is 0.355 e. The summed E-state index contributed by atoms with van der Waals surface area (Å²) in [5.41, 5.74) is 7.65. The van der Waals surface area contributed by atoms with Crippen molar-refractivity contribution in [1.82, 2.24) is 5.32 Å². The van der Waals surface area contributed by atoms with Gasteiger partial charge in [-0.3, -0.25) is 9.59 Å². The molecule has 0 saturated carbocycles. The minimum Gasteiger partial charge on any atom is -0.355 e. The fourth-order valence-electron chi connectivity index (χ4n) is 1.45. The predicted molar refractivity (Wildman–Crippen MR) is 71.5 cm³/mol. The Hall–Kier alpha value is -1.88. The Balaban J connectivity index is 2.94. The minimum atomic E-state index is -0.534. The second kappa shape index (κ2) is 6.16. The molecule has 4 N–H and O–H groups in total. The zero-order valence-electron chi connectivity index (χ0n) is 10.9. The van der Waals surface area contributed by atoms with E-state index in [1.807, 2.05) is 13.8 Å². The molecule has 0 aliphatic carbocycles. The van der Waals surface area contributed by atoms with Gasteiger partial charge < -0.3 is 16.4 Å². The summed E-state index contributed by atoms with van der Waals surface area (Å²) < 4.78 is 0. The van der Waals surface area contributed by atoms with Crippen LogP contribution >= 0.6 is 0 Å². The zero-order chi connectivity index (χ0) is 13.7. The third-order valence-electron chi connectivity index (χ3n) is 2.76. The molecule has 2 amide bonds. The molecule has 0 heterocycles. The molecule has 0 aliphatic heterocycles. The lowest BCUT2D eigenvalue weighted by Crippen LogP contribution is -2.35. The predicted octanol–water partition coefficient (Wildman–Crippen LogP) is 1.03. The normalized spacial score (nSPS) is 11.8. The maximum atomic E-state index is 11.7. The highest BCUT2D eigenvalue weighted by molar-refractivity contribution is 5.99. The van der Waals surface area contributed by atoms with Crippen molar-refractivity contribution in [3.8, 4) is 0 Å². The fourth-order valence-corrected chi connectivity index (χ4v) is 1.45. The molecule has 0 aromatic heterocycles. The summed E-state index contributed by atoms with van der Waals surface area (Å²) in [6, 6.07) is 4.61. The van der Waals surface area contributed by atoms with Crippen molar-refractivity contribution >= 4 is 17.5 Å². The number of anilines is 1. The van der Waals surface area contributed by atoms with E-state index in [4.69, 9.17) is 5.73 Å². The number of carbonyl (C=O) groups excluding carboxylic acids is 2. The van der Waals surface area contributed by atoms with Crippen LogP contribution in [0.25, 0.3) is 0 Å². The molecule has 0 spiro atoms. The van der Waals surface area contributed by atoms with Crippen molar-refractivity contribution in [2.75, 3.05) is 12.4 Å². The van der Waals surface area contributed by atoms with Crippen molar-refractivity contribution < 1.29 is 9.59 Å². The first-order valence-electron chi connectivity index (χ1n) is 5.88. The van der Waals surface area contributed by atoms with Crippen molar-refractivity contribution in [3.63, 3.8) is 0 Å². The summed E-state index contributed by atoms with van der Waals surface area (Å²) in [5.74, 6) is -0.431. The van der Waals surface area contributed by atoms with Crippen LogP contribution in [0.15, 0.2) is 18.2 Å². The number of rotatable bonds is 4. The Bertz CT molecular complexity index is 458. The Morgan fingerprint density at radius 1 is 1.39 bits per heavy atom. The third kappa shape index (κ3) is 3.30. The van der Waals surface area contributed by atoms with Gasteiger partial charge in [0.15, 0.2) is 0 Å². The first-order chi connectivity index (χ1) is 8.49. The van der Waals surface area contributed by atoms with Gasteiger partial charge in [0.1, 0.15) is 0 Å². The van der Waals surface area contributed by atoms with E-state index < -0.39 is 6.04 Å². The number of aryl methyl sites for hydroxylation is 1. The highest BCUT2D eigenvalue weighted by atomic mass is 16.2. The van der Waals surface area contributed by atoms with Crippen LogP contribution in [0.4, 0.5) is 5.69 Å². The van der Waals surface area contributed by atoms with Gasteiger partial charge in [0.2, 0.25) is 5.91 Å². The van der Waals surface area contributed by atoms with Gasteiger partial charge in [0.25, 0.3) is 5.91 Å². The number of nitrogens with two attached hydrogens (primary N) is 1. The highest BCUT2D eigenvalue weighted by Gasteiger charge is 2.13. The molecule has 0 aliphatic rings. The summed E-state index contributed by atoms with van der Waals surface area (Å²) in [6.45, 7) is 3.71. The molecule has 1 atom stereocenters. The van der Waals surface area contributed by atoms with Crippen LogP contribution in [0.3, 0.4) is 0 Å². The minimum absolute atomic E-state index is 0.190. The van der Waals surface area contributed by atoms with Crippen LogP contribution in [0.2, 0.25) is 0 Å². The lowest BCUT2D eigenvalue weighted by molar-refractivity contribution is -0.117. The summed E-state index contributed by atoms with van der Waals surface area (Å²) in [4.78, 5) is 23.2. The Kier molecular flexibility index (Phi) is 4.85. The van der Waals surface area contributed by atoms with Crippen LogP contribution in [-0.4, -0.2) is 24.9 Å².